The fraction of sp³-hybridized carbons (Fsp3) is 0.250. The number of benzene rings is 1. The summed E-state index contributed by atoms with van der Waals surface area (Å²) in [6.45, 7) is 7.50. The SMILES string of the molecule is C=C(C)C(Nc1cccc(C)c1)C(N)=O. The van der Waals surface area contributed by atoms with E-state index in [2.05, 4.69) is 11.9 Å². The maximum Gasteiger partial charge on any atom is 0.244 e. The van der Waals surface area contributed by atoms with Crippen molar-refractivity contribution in [2.24, 2.45) is 5.73 Å². The molecule has 0 fully saturated rings. The van der Waals surface area contributed by atoms with Crippen molar-refractivity contribution < 1.29 is 4.79 Å². The normalized spacial score (nSPS) is 11.9. The fourth-order valence-electron chi connectivity index (χ4n) is 1.34. The minimum absolute atomic E-state index is 0.413. The number of carbonyl (C=O) groups is 1. The lowest BCUT2D eigenvalue weighted by Gasteiger charge is -2.16. The molecule has 0 aromatic heterocycles. The minimum Gasteiger partial charge on any atom is -0.370 e. The van der Waals surface area contributed by atoms with Crippen LogP contribution in [0.3, 0.4) is 0 Å². The molecule has 0 aliphatic carbocycles. The molecule has 0 saturated carbocycles. The Hall–Kier alpha value is -1.77. The van der Waals surface area contributed by atoms with Gasteiger partial charge in [-0.05, 0) is 37.1 Å². The van der Waals surface area contributed by atoms with Crippen molar-refractivity contribution >= 4 is 11.6 Å². The van der Waals surface area contributed by atoms with E-state index in [1.54, 1.807) is 6.92 Å². The zero-order valence-electron chi connectivity index (χ0n) is 9.08. The van der Waals surface area contributed by atoms with E-state index in [-0.39, 0.29) is 0 Å². The molecule has 0 spiro atoms. The van der Waals surface area contributed by atoms with Gasteiger partial charge in [0.25, 0.3) is 0 Å². The molecule has 0 saturated heterocycles. The van der Waals surface area contributed by atoms with Crippen molar-refractivity contribution in [2.75, 3.05) is 5.32 Å². The lowest BCUT2D eigenvalue weighted by molar-refractivity contribution is -0.118. The van der Waals surface area contributed by atoms with Crippen molar-refractivity contribution in [3.63, 3.8) is 0 Å². The van der Waals surface area contributed by atoms with E-state index in [1.165, 1.54) is 0 Å². The van der Waals surface area contributed by atoms with E-state index >= 15 is 0 Å². The van der Waals surface area contributed by atoms with Gasteiger partial charge in [-0.25, -0.2) is 0 Å². The summed E-state index contributed by atoms with van der Waals surface area (Å²) in [6.07, 6.45) is 0. The number of anilines is 1. The van der Waals surface area contributed by atoms with Gasteiger partial charge in [-0.1, -0.05) is 18.7 Å². The predicted octanol–water partition coefficient (Wildman–Crippen LogP) is 1.84. The molecule has 0 aliphatic rings. The third-order valence-electron chi connectivity index (χ3n) is 2.11. The molecule has 0 radical (unpaired) electrons. The Morgan fingerprint density at radius 2 is 2.20 bits per heavy atom. The first-order chi connectivity index (χ1) is 7.00. The first-order valence-electron chi connectivity index (χ1n) is 4.78. The van der Waals surface area contributed by atoms with Crippen LogP contribution in [0.15, 0.2) is 36.4 Å². The number of nitrogens with one attached hydrogen (secondary N) is 1. The smallest absolute Gasteiger partial charge is 0.244 e. The molecular formula is C12H16N2O. The Balaban J connectivity index is 2.83. The monoisotopic (exact) mass is 204 g/mol. The number of primary amides is 1. The number of amides is 1. The lowest BCUT2D eigenvalue weighted by atomic mass is 10.1. The molecule has 3 N–H and O–H groups in total. The molecule has 3 nitrogen and oxygen atoms in total. The molecule has 1 unspecified atom stereocenters. The van der Waals surface area contributed by atoms with Gasteiger partial charge in [-0.15, -0.1) is 0 Å². The second-order valence-electron chi connectivity index (χ2n) is 3.70. The number of nitrogens with two attached hydrogens (primary N) is 1. The second-order valence-corrected chi connectivity index (χ2v) is 3.70. The zero-order chi connectivity index (χ0) is 11.4. The molecule has 1 rings (SSSR count). The highest BCUT2D eigenvalue weighted by atomic mass is 16.1. The first kappa shape index (κ1) is 11.3. The van der Waals surface area contributed by atoms with Crippen molar-refractivity contribution in [3.05, 3.63) is 42.0 Å². The molecule has 1 aromatic carbocycles. The fourth-order valence-corrected chi connectivity index (χ4v) is 1.34. The second kappa shape index (κ2) is 4.64. The summed E-state index contributed by atoms with van der Waals surface area (Å²) in [7, 11) is 0. The largest absolute Gasteiger partial charge is 0.370 e. The van der Waals surface area contributed by atoms with Crippen LogP contribution in [0.1, 0.15) is 12.5 Å². The highest BCUT2D eigenvalue weighted by Gasteiger charge is 2.15. The molecule has 1 aromatic rings. The Morgan fingerprint density at radius 1 is 1.53 bits per heavy atom. The number of hydrogen-bond acceptors (Lipinski definition) is 2. The molecule has 0 bridgehead atoms. The number of aryl methyl sites for hydroxylation is 1. The first-order valence-corrected chi connectivity index (χ1v) is 4.78. The van der Waals surface area contributed by atoms with Gasteiger partial charge < -0.3 is 11.1 Å². The van der Waals surface area contributed by atoms with Crippen LogP contribution in [0.4, 0.5) is 5.69 Å². The molecule has 3 heteroatoms. The summed E-state index contributed by atoms with van der Waals surface area (Å²) in [5.74, 6) is -0.413. The van der Waals surface area contributed by atoms with Crippen molar-refractivity contribution in [2.45, 2.75) is 19.9 Å². The van der Waals surface area contributed by atoms with E-state index in [9.17, 15) is 4.79 Å². The lowest BCUT2D eigenvalue weighted by Crippen LogP contribution is -2.36. The maximum absolute atomic E-state index is 11.1. The number of rotatable bonds is 4. The third kappa shape index (κ3) is 3.13. The van der Waals surface area contributed by atoms with Gasteiger partial charge in [-0.2, -0.15) is 0 Å². The van der Waals surface area contributed by atoms with Crippen LogP contribution in [0.5, 0.6) is 0 Å². The Labute approximate surface area is 90.0 Å². The highest BCUT2D eigenvalue weighted by Crippen LogP contribution is 2.13. The molecular weight excluding hydrogens is 188 g/mol. The van der Waals surface area contributed by atoms with Crippen LogP contribution in [0, 0.1) is 6.92 Å². The van der Waals surface area contributed by atoms with Gasteiger partial charge in [0.2, 0.25) is 5.91 Å². The summed E-state index contributed by atoms with van der Waals surface area (Å²) in [5, 5.41) is 3.04. The van der Waals surface area contributed by atoms with Gasteiger partial charge >= 0.3 is 0 Å². The summed E-state index contributed by atoms with van der Waals surface area (Å²) < 4.78 is 0. The van der Waals surface area contributed by atoms with Gasteiger partial charge in [0.1, 0.15) is 6.04 Å². The summed E-state index contributed by atoms with van der Waals surface area (Å²) >= 11 is 0. The quantitative estimate of drug-likeness (QED) is 0.735. The van der Waals surface area contributed by atoms with E-state index in [0.717, 1.165) is 11.3 Å². The Kier molecular flexibility index (Phi) is 3.50. The predicted molar refractivity (Wildman–Crippen MR) is 62.6 cm³/mol. The van der Waals surface area contributed by atoms with Crippen LogP contribution in [0.25, 0.3) is 0 Å². The average molecular weight is 204 g/mol. The molecule has 1 atom stereocenters. The summed E-state index contributed by atoms with van der Waals surface area (Å²) in [6, 6.07) is 7.26. The Bertz CT molecular complexity index is 371. The maximum atomic E-state index is 11.1. The van der Waals surface area contributed by atoms with Crippen molar-refractivity contribution in [1.82, 2.24) is 0 Å². The standard InChI is InChI=1S/C12H16N2O/c1-8(2)11(12(13)15)14-10-6-4-5-9(3)7-10/h4-7,11,14H,1H2,2-3H3,(H2,13,15). The Morgan fingerprint density at radius 3 is 2.67 bits per heavy atom. The van der Waals surface area contributed by atoms with Crippen LogP contribution in [-0.4, -0.2) is 11.9 Å². The van der Waals surface area contributed by atoms with Crippen LogP contribution >= 0.6 is 0 Å². The molecule has 15 heavy (non-hydrogen) atoms. The van der Waals surface area contributed by atoms with E-state index in [4.69, 9.17) is 5.73 Å². The number of carbonyl (C=O) groups excluding carboxylic acids is 1. The topological polar surface area (TPSA) is 55.1 Å². The highest BCUT2D eigenvalue weighted by molar-refractivity contribution is 5.86. The van der Waals surface area contributed by atoms with Gasteiger partial charge in [0.15, 0.2) is 0 Å². The van der Waals surface area contributed by atoms with Crippen molar-refractivity contribution in [1.29, 1.82) is 0 Å². The van der Waals surface area contributed by atoms with Crippen LogP contribution in [-0.2, 0) is 4.79 Å². The van der Waals surface area contributed by atoms with Crippen LogP contribution < -0.4 is 11.1 Å². The minimum atomic E-state index is -0.508. The average Bonchev–Trinajstić information content (AvgIpc) is 2.13. The molecule has 0 heterocycles. The molecule has 80 valence electrons. The third-order valence-corrected chi connectivity index (χ3v) is 2.11. The van der Waals surface area contributed by atoms with E-state index in [1.807, 2.05) is 31.2 Å². The molecule has 1 amide bonds. The summed E-state index contributed by atoms with van der Waals surface area (Å²) in [5.41, 5.74) is 7.98. The molecule has 0 aliphatic heterocycles. The van der Waals surface area contributed by atoms with E-state index in [0.29, 0.717) is 5.57 Å². The van der Waals surface area contributed by atoms with E-state index < -0.39 is 11.9 Å². The zero-order valence-corrected chi connectivity index (χ0v) is 9.08. The van der Waals surface area contributed by atoms with Gasteiger partial charge in [0, 0.05) is 5.69 Å². The van der Waals surface area contributed by atoms with Crippen molar-refractivity contribution in [3.8, 4) is 0 Å². The number of hydrogen-bond donors (Lipinski definition) is 2. The van der Waals surface area contributed by atoms with Gasteiger partial charge in [0.05, 0.1) is 0 Å². The van der Waals surface area contributed by atoms with Gasteiger partial charge in [-0.3, -0.25) is 4.79 Å². The van der Waals surface area contributed by atoms with Crippen LogP contribution in [0.2, 0.25) is 0 Å². The summed E-state index contributed by atoms with van der Waals surface area (Å²) in [4.78, 5) is 11.1.